The molecule has 0 fully saturated rings. The highest BCUT2D eigenvalue weighted by Gasteiger charge is 2.17. The first-order valence-electron chi connectivity index (χ1n) is 20.3. The zero-order valence-electron chi connectivity index (χ0n) is 32.6. The number of hydrogen-bond acceptors (Lipinski definition) is 1. The van der Waals surface area contributed by atoms with Crippen LogP contribution in [-0.4, -0.2) is 0 Å². The van der Waals surface area contributed by atoms with Crippen molar-refractivity contribution in [1.29, 1.82) is 0 Å². The summed E-state index contributed by atoms with van der Waals surface area (Å²) in [6.07, 6.45) is 0. The average Bonchev–Trinajstić information content (AvgIpc) is 3.33. The first-order chi connectivity index (χ1) is 29.3. The van der Waals surface area contributed by atoms with Gasteiger partial charge in [-0.3, -0.25) is 0 Å². The highest BCUT2D eigenvalue weighted by Crippen LogP contribution is 2.42. The fourth-order valence-corrected chi connectivity index (χ4v) is 8.37. The Kier molecular flexibility index (Phi) is 9.68. The summed E-state index contributed by atoms with van der Waals surface area (Å²) in [5.41, 5.74) is 17.7. The summed E-state index contributed by atoms with van der Waals surface area (Å²) in [6, 6.07) is 89.7. The highest BCUT2D eigenvalue weighted by molar-refractivity contribution is 6.04. The highest BCUT2D eigenvalue weighted by atomic mass is 15.1. The number of fused-ring (bicyclic) bond motifs is 1. The molecule has 59 heavy (non-hydrogen) atoms. The van der Waals surface area contributed by atoms with Gasteiger partial charge in [0.05, 0.1) is 0 Å². The Morgan fingerprint density at radius 3 is 1.29 bits per heavy atom. The van der Waals surface area contributed by atoms with Crippen molar-refractivity contribution in [2.24, 2.45) is 0 Å². The van der Waals surface area contributed by atoms with Crippen LogP contribution in [0, 0.1) is 0 Å². The zero-order valence-corrected chi connectivity index (χ0v) is 32.6. The Balaban J connectivity index is 1.07. The number of rotatable bonds is 9. The molecule has 0 N–H and O–H groups in total. The Bertz CT molecular complexity index is 2990. The van der Waals surface area contributed by atoms with Crippen LogP contribution in [0.5, 0.6) is 0 Å². The van der Waals surface area contributed by atoms with E-state index in [2.05, 4.69) is 254 Å². The van der Waals surface area contributed by atoms with Crippen LogP contribution in [0.25, 0.3) is 77.5 Å². The van der Waals surface area contributed by atoms with Crippen molar-refractivity contribution in [2.75, 3.05) is 4.90 Å². The van der Waals surface area contributed by atoms with Gasteiger partial charge in [-0.15, -0.1) is 0 Å². The standard InChI is InChI=1S/C58H41N/c1-5-16-42(17-6-1)49-25-15-26-53(40-49)59(52-36-30-48(31-37-52)58-55-27-14-13-24-47(55)32-39-56(58)45-20-9-3-10-21-45)51-34-28-43(29-35-51)50-33-38-54(44-18-7-2-8-19-44)57(41-50)46-22-11-4-12-23-46/h1-41H. The smallest absolute Gasteiger partial charge is 0.0467 e. The molecule has 0 heterocycles. The molecule has 0 amide bonds. The lowest BCUT2D eigenvalue weighted by atomic mass is 9.89. The zero-order chi connectivity index (χ0) is 39.4. The summed E-state index contributed by atoms with van der Waals surface area (Å²) in [5.74, 6) is 0. The van der Waals surface area contributed by atoms with Gasteiger partial charge in [0.15, 0.2) is 0 Å². The molecule has 0 aliphatic rings. The fraction of sp³-hybridized carbons (Fsp3) is 0. The van der Waals surface area contributed by atoms with Crippen LogP contribution in [0.3, 0.4) is 0 Å². The van der Waals surface area contributed by atoms with E-state index < -0.39 is 0 Å². The van der Waals surface area contributed by atoms with Gasteiger partial charge < -0.3 is 4.90 Å². The van der Waals surface area contributed by atoms with E-state index in [1.54, 1.807) is 0 Å². The van der Waals surface area contributed by atoms with Gasteiger partial charge in [0.1, 0.15) is 0 Å². The summed E-state index contributed by atoms with van der Waals surface area (Å²) in [7, 11) is 0. The number of anilines is 3. The van der Waals surface area contributed by atoms with Gasteiger partial charge in [0.25, 0.3) is 0 Å². The summed E-state index contributed by atoms with van der Waals surface area (Å²) >= 11 is 0. The summed E-state index contributed by atoms with van der Waals surface area (Å²) in [5, 5.41) is 2.48. The van der Waals surface area contributed by atoms with Crippen LogP contribution < -0.4 is 4.90 Å². The molecule has 0 spiro atoms. The van der Waals surface area contributed by atoms with E-state index in [-0.39, 0.29) is 0 Å². The molecule has 0 aliphatic carbocycles. The molecule has 10 aromatic carbocycles. The molecule has 0 atom stereocenters. The van der Waals surface area contributed by atoms with Gasteiger partial charge in [0.2, 0.25) is 0 Å². The SMILES string of the molecule is c1ccc(-c2cccc(N(c3ccc(-c4ccc(-c5ccccc5)c(-c5ccccc5)c4)cc3)c3ccc(-c4c(-c5ccccc5)ccc5ccccc45)cc3)c2)cc1. The predicted molar refractivity (Wildman–Crippen MR) is 251 cm³/mol. The van der Waals surface area contributed by atoms with Crippen LogP contribution in [-0.2, 0) is 0 Å². The third kappa shape index (κ3) is 7.23. The minimum absolute atomic E-state index is 1.09. The van der Waals surface area contributed by atoms with E-state index in [0.29, 0.717) is 0 Å². The van der Waals surface area contributed by atoms with E-state index in [4.69, 9.17) is 0 Å². The van der Waals surface area contributed by atoms with Crippen molar-refractivity contribution in [3.05, 3.63) is 249 Å². The van der Waals surface area contributed by atoms with Crippen molar-refractivity contribution in [3.63, 3.8) is 0 Å². The van der Waals surface area contributed by atoms with E-state index >= 15 is 0 Å². The molecule has 0 radical (unpaired) electrons. The van der Waals surface area contributed by atoms with Crippen LogP contribution >= 0.6 is 0 Å². The molecule has 0 aromatic heterocycles. The summed E-state index contributed by atoms with van der Waals surface area (Å²) in [6.45, 7) is 0. The largest absolute Gasteiger partial charge is 0.310 e. The topological polar surface area (TPSA) is 3.24 Å². The van der Waals surface area contributed by atoms with Gasteiger partial charge in [-0.1, -0.05) is 206 Å². The number of benzene rings is 10. The number of nitrogens with zero attached hydrogens (tertiary/aromatic N) is 1. The predicted octanol–water partition coefficient (Wildman–Crippen LogP) is 16.3. The first kappa shape index (κ1) is 35.7. The molecule has 0 bridgehead atoms. The van der Waals surface area contributed by atoms with E-state index in [1.807, 2.05) is 0 Å². The molecule has 1 nitrogen and oxygen atoms in total. The Hall–Kier alpha value is -7.74. The lowest BCUT2D eigenvalue weighted by molar-refractivity contribution is 1.28. The molecule has 10 rings (SSSR count). The summed E-state index contributed by atoms with van der Waals surface area (Å²) < 4.78 is 0. The molecule has 10 aromatic rings. The van der Waals surface area contributed by atoms with Crippen LogP contribution in [0.2, 0.25) is 0 Å². The van der Waals surface area contributed by atoms with E-state index in [1.165, 1.54) is 77.5 Å². The fourth-order valence-electron chi connectivity index (χ4n) is 8.37. The second-order valence-electron chi connectivity index (χ2n) is 14.9. The maximum Gasteiger partial charge on any atom is 0.0467 e. The minimum Gasteiger partial charge on any atom is -0.310 e. The second kappa shape index (κ2) is 16.0. The van der Waals surface area contributed by atoms with Crippen molar-refractivity contribution in [3.8, 4) is 66.8 Å². The lowest BCUT2D eigenvalue weighted by Gasteiger charge is -2.27. The van der Waals surface area contributed by atoms with Crippen molar-refractivity contribution >= 4 is 27.8 Å². The Labute approximate surface area is 346 Å². The van der Waals surface area contributed by atoms with E-state index in [0.717, 1.165) is 17.1 Å². The summed E-state index contributed by atoms with van der Waals surface area (Å²) in [4.78, 5) is 2.37. The molecule has 1 heteroatoms. The van der Waals surface area contributed by atoms with Gasteiger partial charge in [-0.05, 0) is 120 Å². The molecular weight excluding hydrogens is 711 g/mol. The van der Waals surface area contributed by atoms with Gasteiger partial charge in [0, 0.05) is 17.1 Å². The first-order valence-corrected chi connectivity index (χ1v) is 20.3. The van der Waals surface area contributed by atoms with Crippen molar-refractivity contribution in [2.45, 2.75) is 0 Å². The number of hydrogen-bond donors (Lipinski definition) is 0. The van der Waals surface area contributed by atoms with E-state index in [9.17, 15) is 0 Å². The van der Waals surface area contributed by atoms with Gasteiger partial charge in [-0.25, -0.2) is 0 Å². The van der Waals surface area contributed by atoms with Crippen LogP contribution in [0.4, 0.5) is 17.1 Å². The molecule has 0 aliphatic heterocycles. The lowest BCUT2D eigenvalue weighted by Crippen LogP contribution is -2.10. The quantitative estimate of drug-likeness (QED) is 0.142. The molecule has 0 saturated carbocycles. The van der Waals surface area contributed by atoms with Crippen molar-refractivity contribution in [1.82, 2.24) is 0 Å². The van der Waals surface area contributed by atoms with Crippen LogP contribution in [0.1, 0.15) is 0 Å². The Morgan fingerprint density at radius 1 is 0.220 bits per heavy atom. The van der Waals surface area contributed by atoms with Gasteiger partial charge >= 0.3 is 0 Å². The molecule has 278 valence electrons. The average molecular weight is 752 g/mol. The minimum atomic E-state index is 1.09. The third-order valence-corrected chi connectivity index (χ3v) is 11.3. The molecule has 0 saturated heterocycles. The normalized spacial score (nSPS) is 11.1. The molecule has 0 unspecified atom stereocenters. The Morgan fingerprint density at radius 2 is 0.661 bits per heavy atom. The molecular formula is C58H41N. The maximum atomic E-state index is 2.37. The van der Waals surface area contributed by atoms with Gasteiger partial charge in [-0.2, -0.15) is 0 Å². The van der Waals surface area contributed by atoms with Crippen molar-refractivity contribution < 1.29 is 0 Å². The monoisotopic (exact) mass is 751 g/mol. The maximum absolute atomic E-state index is 2.37. The third-order valence-electron chi connectivity index (χ3n) is 11.3. The van der Waals surface area contributed by atoms with Crippen LogP contribution in [0.15, 0.2) is 249 Å². The second-order valence-corrected chi connectivity index (χ2v) is 14.9.